The van der Waals surface area contributed by atoms with Gasteiger partial charge in [-0.3, -0.25) is 9.20 Å². The van der Waals surface area contributed by atoms with Crippen LogP contribution in [0.1, 0.15) is 29.1 Å². The van der Waals surface area contributed by atoms with Crippen LogP contribution in [0, 0.1) is 6.92 Å². The molecule has 0 saturated carbocycles. The fourth-order valence-electron chi connectivity index (χ4n) is 2.58. The molecule has 3 rings (SSSR count). The van der Waals surface area contributed by atoms with Crippen LogP contribution in [0.5, 0.6) is 0 Å². The van der Waals surface area contributed by atoms with Crippen LogP contribution in [0.4, 0.5) is 0 Å². The number of rotatable bonds is 5. The molecule has 3 aromatic rings. The summed E-state index contributed by atoms with van der Waals surface area (Å²) in [4.78, 5) is 28.8. The van der Waals surface area contributed by atoms with Gasteiger partial charge in [0.1, 0.15) is 0 Å². The predicted molar refractivity (Wildman–Crippen MR) is 94.3 cm³/mol. The minimum absolute atomic E-state index is 0.00231. The van der Waals surface area contributed by atoms with Gasteiger partial charge in [0.2, 0.25) is 5.91 Å². The van der Waals surface area contributed by atoms with E-state index in [2.05, 4.69) is 24.2 Å². The quantitative estimate of drug-likeness (QED) is 0.714. The van der Waals surface area contributed by atoms with Gasteiger partial charge in [-0.25, -0.2) is 9.48 Å². The number of carbonyl (C=O) groups excluding carboxylic acids is 1. The highest BCUT2D eigenvalue weighted by Crippen LogP contribution is 2.26. The van der Waals surface area contributed by atoms with Gasteiger partial charge in [0, 0.05) is 29.4 Å². The second-order valence-electron chi connectivity index (χ2n) is 5.81. The molecular weight excluding hydrogens is 324 g/mol. The molecule has 1 amide bonds. The lowest BCUT2D eigenvalue weighted by Gasteiger charge is -2.24. The van der Waals surface area contributed by atoms with Gasteiger partial charge in [0.05, 0.1) is 12.6 Å². The Morgan fingerprint density at radius 2 is 2.12 bits per heavy atom. The fourth-order valence-corrected chi connectivity index (χ4v) is 3.55. The average Bonchev–Trinajstić information content (AvgIpc) is 3.15. The van der Waals surface area contributed by atoms with Gasteiger partial charge in [0.15, 0.2) is 5.65 Å². The van der Waals surface area contributed by atoms with E-state index in [0.29, 0.717) is 5.65 Å². The molecule has 0 N–H and O–H groups in total. The third kappa shape index (κ3) is 3.12. The first kappa shape index (κ1) is 16.4. The first-order valence-corrected chi connectivity index (χ1v) is 8.65. The smallest absolute Gasteiger partial charge is 0.338 e. The molecule has 0 spiro atoms. The largest absolute Gasteiger partial charge is 0.350 e. The van der Waals surface area contributed by atoms with Crippen molar-refractivity contribution in [1.82, 2.24) is 19.1 Å². The van der Waals surface area contributed by atoms with Crippen molar-refractivity contribution in [3.8, 4) is 0 Å². The highest BCUT2D eigenvalue weighted by Gasteiger charge is 2.19. The van der Waals surface area contributed by atoms with Crippen LogP contribution in [0.15, 0.2) is 41.3 Å². The van der Waals surface area contributed by atoms with E-state index in [1.165, 1.54) is 14.0 Å². The normalized spacial score (nSPS) is 12.5. The fraction of sp³-hybridized carbons (Fsp3) is 0.353. The Labute approximate surface area is 144 Å². The predicted octanol–water partition coefficient (Wildman–Crippen LogP) is 2.48. The summed E-state index contributed by atoms with van der Waals surface area (Å²) in [5.41, 5.74) is 0.369. The standard InChI is InChI=1S/C17H20N4O2S/c1-12-7-8-14(24-12)13(2)19(3)16(22)9-11-21-17(23)20-10-5-4-6-15(20)18-21/h4-8,10,13H,9,11H2,1-3H3/t13-/m0/s1. The molecule has 7 heteroatoms. The molecule has 0 fully saturated rings. The summed E-state index contributed by atoms with van der Waals surface area (Å²) in [6.45, 7) is 4.35. The number of fused-ring (bicyclic) bond motifs is 1. The van der Waals surface area contributed by atoms with Crippen molar-refractivity contribution in [2.75, 3.05) is 7.05 Å². The average molecular weight is 344 g/mol. The second kappa shape index (κ2) is 6.60. The van der Waals surface area contributed by atoms with E-state index in [1.54, 1.807) is 41.6 Å². The molecule has 0 radical (unpaired) electrons. The number of hydrogen-bond donors (Lipinski definition) is 0. The summed E-state index contributed by atoms with van der Waals surface area (Å²) < 4.78 is 2.83. The van der Waals surface area contributed by atoms with Crippen molar-refractivity contribution in [2.24, 2.45) is 0 Å². The SMILES string of the molecule is Cc1ccc([C@H](C)N(C)C(=O)CCn2nc3ccccn3c2=O)s1. The Balaban J connectivity index is 1.68. The van der Waals surface area contributed by atoms with Gasteiger partial charge < -0.3 is 4.90 Å². The second-order valence-corrected chi connectivity index (χ2v) is 7.13. The molecule has 0 aliphatic carbocycles. The zero-order valence-electron chi connectivity index (χ0n) is 14.0. The molecule has 1 atom stereocenters. The summed E-state index contributed by atoms with van der Waals surface area (Å²) in [5.74, 6) is -0.00231. The lowest BCUT2D eigenvalue weighted by molar-refractivity contribution is -0.132. The molecule has 0 saturated heterocycles. The van der Waals surface area contributed by atoms with Crippen LogP contribution in [0.3, 0.4) is 0 Å². The van der Waals surface area contributed by atoms with E-state index < -0.39 is 0 Å². The first-order valence-electron chi connectivity index (χ1n) is 7.83. The maximum absolute atomic E-state index is 12.4. The number of nitrogens with zero attached hydrogens (tertiary/aromatic N) is 4. The van der Waals surface area contributed by atoms with Crippen molar-refractivity contribution in [2.45, 2.75) is 32.9 Å². The summed E-state index contributed by atoms with van der Waals surface area (Å²) in [6.07, 6.45) is 1.92. The van der Waals surface area contributed by atoms with Gasteiger partial charge in [-0.15, -0.1) is 16.4 Å². The summed E-state index contributed by atoms with van der Waals surface area (Å²) in [7, 11) is 1.80. The maximum Gasteiger partial charge on any atom is 0.350 e. The lowest BCUT2D eigenvalue weighted by atomic mass is 10.2. The molecule has 0 bridgehead atoms. The number of aryl methyl sites for hydroxylation is 2. The molecule has 3 heterocycles. The number of amides is 1. The van der Waals surface area contributed by atoms with E-state index in [0.717, 1.165) is 4.88 Å². The van der Waals surface area contributed by atoms with E-state index in [4.69, 9.17) is 0 Å². The highest BCUT2D eigenvalue weighted by molar-refractivity contribution is 7.12. The summed E-state index contributed by atoms with van der Waals surface area (Å²) in [5, 5.41) is 4.25. The Morgan fingerprint density at radius 1 is 1.33 bits per heavy atom. The number of carbonyl (C=O) groups is 1. The van der Waals surface area contributed by atoms with Crippen LogP contribution >= 0.6 is 11.3 Å². The van der Waals surface area contributed by atoms with Crippen LogP contribution in [0.25, 0.3) is 5.65 Å². The van der Waals surface area contributed by atoms with Crippen molar-refractivity contribution in [1.29, 1.82) is 0 Å². The molecule has 24 heavy (non-hydrogen) atoms. The Morgan fingerprint density at radius 3 is 2.79 bits per heavy atom. The summed E-state index contributed by atoms with van der Waals surface area (Å²) >= 11 is 1.70. The first-order chi connectivity index (χ1) is 11.5. The Kier molecular flexibility index (Phi) is 4.53. The Bertz CT molecular complexity index is 924. The van der Waals surface area contributed by atoms with Gasteiger partial charge in [-0.2, -0.15) is 0 Å². The molecule has 0 unspecified atom stereocenters. The van der Waals surface area contributed by atoms with E-state index >= 15 is 0 Å². The van der Waals surface area contributed by atoms with Gasteiger partial charge in [-0.1, -0.05) is 6.07 Å². The minimum Gasteiger partial charge on any atom is -0.338 e. The zero-order valence-corrected chi connectivity index (χ0v) is 14.8. The van der Waals surface area contributed by atoms with Crippen LogP contribution < -0.4 is 5.69 Å². The molecule has 3 aromatic heterocycles. The van der Waals surface area contributed by atoms with Crippen LogP contribution in [0.2, 0.25) is 0 Å². The van der Waals surface area contributed by atoms with Crippen molar-refractivity contribution in [3.63, 3.8) is 0 Å². The van der Waals surface area contributed by atoms with Gasteiger partial charge in [-0.05, 0) is 38.1 Å². The third-order valence-corrected chi connectivity index (χ3v) is 5.34. The molecule has 0 aromatic carbocycles. The van der Waals surface area contributed by atoms with Crippen LogP contribution in [-0.4, -0.2) is 32.0 Å². The highest BCUT2D eigenvalue weighted by atomic mass is 32.1. The molecule has 126 valence electrons. The monoisotopic (exact) mass is 344 g/mol. The molecule has 0 aliphatic heterocycles. The van der Waals surface area contributed by atoms with Gasteiger partial charge >= 0.3 is 5.69 Å². The molecule has 6 nitrogen and oxygen atoms in total. The number of aromatic nitrogens is 3. The van der Waals surface area contributed by atoms with E-state index in [9.17, 15) is 9.59 Å². The van der Waals surface area contributed by atoms with Gasteiger partial charge in [0.25, 0.3) is 0 Å². The lowest BCUT2D eigenvalue weighted by Crippen LogP contribution is -2.31. The number of hydrogen-bond acceptors (Lipinski definition) is 4. The van der Waals surface area contributed by atoms with Crippen molar-refractivity contribution >= 4 is 22.9 Å². The summed E-state index contributed by atoms with van der Waals surface area (Å²) in [6, 6.07) is 9.52. The topological polar surface area (TPSA) is 59.6 Å². The molecule has 0 aliphatic rings. The van der Waals surface area contributed by atoms with E-state index in [-0.39, 0.29) is 30.6 Å². The van der Waals surface area contributed by atoms with E-state index in [1.807, 2.05) is 13.0 Å². The maximum atomic E-state index is 12.4. The number of pyridine rings is 1. The third-order valence-electron chi connectivity index (χ3n) is 4.17. The minimum atomic E-state index is -0.219. The van der Waals surface area contributed by atoms with Crippen molar-refractivity contribution in [3.05, 3.63) is 56.8 Å². The Hall–Kier alpha value is -2.41. The zero-order chi connectivity index (χ0) is 17.3. The van der Waals surface area contributed by atoms with Crippen LogP contribution in [-0.2, 0) is 11.3 Å². The molecular formula is C17H20N4O2S. The van der Waals surface area contributed by atoms with Crippen molar-refractivity contribution < 1.29 is 4.79 Å². The number of thiophene rings is 1.